The Hall–Kier alpha value is -3.48. The molecule has 1 fully saturated rings. The lowest BCUT2D eigenvalue weighted by Crippen LogP contribution is -2.42. The maximum atomic E-state index is 10.3. The van der Waals surface area contributed by atoms with Gasteiger partial charge in [-0.1, -0.05) is 18.2 Å². The summed E-state index contributed by atoms with van der Waals surface area (Å²) in [7, 11) is 3.72. The summed E-state index contributed by atoms with van der Waals surface area (Å²) in [5.41, 5.74) is 0.954. The number of carbonyl (C=O) groups is 3. The van der Waals surface area contributed by atoms with Gasteiger partial charge in [-0.25, -0.2) is 4.79 Å². The zero-order valence-electron chi connectivity index (χ0n) is 21.3. The molecule has 0 amide bonds. The van der Waals surface area contributed by atoms with E-state index in [1.807, 2.05) is 30.1 Å². The van der Waals surface area contributed by atoms with Crippen LogP contribution in [0.5, 0.6) is 5.75 Å². The molecule has 1 aliphatic heterocycles. The summed E-state index contributed by atoms with van der Waals surface area (Å²) >= 11 is 0. The first kappa shape index (κ1) is 29.7. The predicted octanol–water partition coefficient (Wildman–Crippen LogP) is 1.67. The third-order valence-electron chi connectivity index (χ3n) is 6.09. The van der Waals surface area contributed by atoms with Crippen LogP contribution in [0.1, 0.15) is 42.5 Å². The molecule has 2 heterocycles. The van der Waals surface area contributed by atoms with E-state index in [2.05, 4.69) is 29.1 Å². The van der Waals surface area contributed by atoms with Gasteiger partial charge in [0.05, 0.1) is 32.3 Å². The molecule has 1 aliphatic rings. The first-order valence-electron chi connectivity index (χ1n) is 11.8. The number of aliphatic hydroxyl groups is 1. The minimum absolute atomic E-state index is 0.330. The highest BCUT2D eigenvalue weighted by molar-refractivity contribution is 5.88. The molecule has 0 bridgehead atoms. The second-order valence-electron chi connectivity index (χ2n) is 8.97. The maximum absolute atomic E-state index is 10.3. The number of aryl methyl sites for hydroxylation is 1. The Morgan fingerprint density at radius 2 is 1.76 bits per heavy atom. The Balaban J connectivity index is 0.000000317. The summed E-state index contributed by atoms with van der Waals surface area (Å²) in [6.45, 7) is 5.66. The Morgan fingerprint density at radius 3 is 2.24 bits per heavy atom. The van der Waals surface area contributed by atoms with E-state index in [1.54, 1.807) is 7.11 Å². The Kier molecular flexibility index (Phi) is 11.0. The topological polar surface area (TPSA) is 172 Å². The minimum atomic E-state index is -2.74. The van der Waals surface area contributed by atoms with Gasteiger partial charge in [0.1, 0.15) is 5.75 Å². The summed E-state index contributed by atoms with van der Waals surface area (Å²) in [4.78, 5) is 32.9. The van der Waals surface area contributed by atoms with Gasteiger partial charge >= 0.3 is 17.9 Å². The number of aromatic nitrogens is 2. The zero-order chi connectivity index (χ0) is 27.6. The first-order valence-corrected chi connectivity index (χ1v) is 11.8. The van der Waals surface area contributed by atoms with E-state index in [9.17, 15) is 14.4 Å². The van der Waals surface area contributed by atoms with E-state index in [-0.39, 0.29) is 0 Å². The van der Waals surface area contributed by atoms with Crippen LogP contribution in [0.2, 0.25) is 0 Å². The quantitative estimate of drug-likeness (QED) is 0.320. The van der Waals surface area contributed by atoms with Crippen molar-refractivity contribution in [1.82, 2.24) is 14.7 Å². The van der Waals surface area contributed by atoms with Gasteiger partial charge in [-0.3, -0.25) is 19.2 Å². The van der Waals surface area contributed by atoms with Crippen molar-refractivity contribution in [2.45, 2.75) is 57.4 Å². The molecule has 0 radical (unpaired) electrons. The predicted molar refractivity (Wildman–Crippen MR) is 131 cm³/mol. The molecule has 1 aromatic heterocycles. The van der Waals surface area contributed by atoms with E-state index < -0.39 is 36.4 Å². The third kappa shape index (κ3) is 9.16. The molecule has 1 aromatic carbocycles. The van der Waals surface area contributed by atoms with Crippen LogP contribution in [0, 0.1) is 6.92 Å². The highest BCUT2D eigenvalue weighted by Crippen LogP contribution is 2.23. The summed E-state index contributed by atoms with van der Waals surface area (Å²) in [6.07, 6.45) is 2.33. The largest absolute Gasteiger partial charge is 0.496 e. The highest BCUT2D eigenvalue weighted by atomic mass is 16.5. The van der Waals surface area contributed by atoms with Crippen LogP contribution in [-0.4, -0.2) is 85.0 Å². The van der Waals surface area contributed by atoms with Crippen molar-refractivity contribution < 1.29 is 44.3 Å². The van der Waals surface area contributed by atoms with E-state index >= 15 is 0 Å². The number of rotatable bonds is 12. The fourth-order valence-corrected chi connectivity index (χ4v) is 3.99. The summed E-state index contributed by atoms with van der Waals surface area (Å²) in [5, 5.41) is 38.2. The fraction of sp³-hybridized carbons (Fsp3) is 0.520. The molecule has 0 spiro atoms. The molecule has 1 unspecified atom stereocenters. The van der Waals surface area contributed by atoms with E-state index in [0.717, 1.165) is 38.4 Å². The average Bonchev–Trinajstić information content (AvgIpc) is 3.44. The number of benzene rings is 1. The van der Waals surface area contributed by atoms with Crippen molar-refractivity contribution >= 4 is 17.9 Å². The Morgan fingerprint density at radius 1 is 1.14 bits per heavy atom. The molecule has 3 rings (SSSR count). The third-order valence-corrected chi connectivity index (χ3v) is 6.09. The number of aliphatic carboxylic acids is 3. The minimum Gasteiger partial charge on any atom is -0.496 e. The van der Waals surface area contributed by atoms with Gasteiger partial charge in [0.25, 0.3) is 0 Å². The average molecular weight is 522 g/mol. The second-order valence-corrected chi connectivity index (χ2v) is 8.97. The van der Waals surface area contributed by atoms with Gasteiger partial charge in [-0.05, 0) is 25.8 Å². The normalized spacial score (nSPS) is 15.2. The van der Waals surface area contributed by atoms with E-state index in [1.165, 1.54) is 23.2 Å². The lowest BCUT2D eigenvalue weighted by atomic mass is 9.96. The number of hydrogen-bond donors (Lipinski definition) is 4. The van der Waals surface area contributed by atoms with Crippen LogP contribution < -0.4 is 4.74 Å². The SMILES string of the molecule is COc1ccccc1CN(Cc1cnn(C)c1C)CC1CCCO1.O=C(O)CC(O)(CC(=O)O)C(=O)O. The number of carboxylic acids is 3. The standard InChI is InChI=1S/C19H27N3O2.C6H8O7/c1-15-17(11-20-21(15)2)13-22(14-18-8-6-10-24-18)12-16-7-4-5-9-19(16)23-3;7-3(8)1-6(13,5(11)12)2-4(9)10/h4-5,7,9,11,18H,6,8,10,12-14H2,1-3H3;13H,1-2H2,(H,7,8)(H,9,10)(H,11,12). The van der Waals surface area contributed by atoms with E-state index in [0.29, 0.717) is 6.10 Å². The van der Waals surface area contributed by atoms with Gasteiger partial charge in [-0.15, -0.1) is 0 Å². The fourth-order valence-electron chi connectivity index (χ4n) is 3.99. The van der Waals surface area contributed by atoms with Crippen LogP contribution in [0.3, 0.4) is 0 Å². The molecule has 37 heavy (non-hydrogen) atoms. The van der Waals surface area contributed by atoms with Crippen molar-refractivity contribution in [3.63, 3.8) is 0 Å². The second kappa shape index (κ2) is 13.7. The van der Waals surface area contributed by atoms with Crippen LogP contribution in [-0.2, 0) is 39.3 Å². The number of nitrogens with zero attached hydrogens (tertiary/aromatic N) is 3. The summed E-state index contributed by atoms with van der Waals surface area (Å²) < 4.78 is 13.3. The molecule has 0 saturated carbocycles. The van der Waals surface area contributed by atoms with Crippen molar-refractivity contribution in [2.24, 2.45) is 7.05 Å². The number of ether oxygens (including phenoxy) is 2. The van der Waals surface area contributed by atoms with Gasteiger partial charge in [0.15, 0.2) is 5.60 Å². The molecule has 204 valence electrons. The molecule has 1 atom stereocenters. The lowest BCUT2D eigenvalue weighted by Gasteiger charge is -2.26. The maximum Gasteiger partial charge on any atom is 0.336 e. The van der Waals surface area contributed by atoms with Gasteiger partial charge in [0.2, 0.25) is 0 Å². The molecular formula is C25H35N3O9. The Bertz CT molecular complexity index is 1050. The summed E-state index contributed by atoms with van der Waals surface area (Å²) in [5.74, 6) is -4.08. The van der Waals surface area contributed by atoms with Crippen LogP contribution in [0.15, 0.2) is 30.5 Å². The van der Waals surface area contributed by atoms with Crippen molar-refractivity contribution in [1.29, 1.82) is 0 Å². The van der Waals surface area contributed by atoms with Crippen molar-refractivity contribution in [2.75, 3.05) is 20.3 Å². The molecular weight excluding hydrogens is 486 g/mol. The zero-order valence-corrected chi connectivity index (χ0v) is 21.3. The molecule has 2 aromatic rings. The van der Waals surface area contributed by atoms with Crippen molar-refractivity contribution in [3.05, 3.63) is 47.3 Å². The van der Waals surface area contributed by atoms with Gasteiger partial charge in [-0.2, -0.15) is 5.10 Å². The highest BCUT2D eigenvalue weighted by Gasteiger charge is 2.40. The first-order chi connectivity index (χ1) is 17.4. The summed E-state index contributed by atoms with van der Waals surface area (Å²) in [6, 6.07) is 8.24. The number of para-hydroxylation sites is 1. The number of carboxylic acid groups (broad SMARTS) is 3. The molecule has 0 aliphatic carbocycles. The smallest absolute Gasteiger partial charge is 0.336 e. The Labute approximate surface area is 215 Å². The molecule has 12 heteroatoms. The van der Waals surface area contributed by atoms with E-state index in [4.69, 9.17) is 29.9 Å². The van der Waals surface area contributed by atoms with Crippen LogP contribution in [0.4, 0.5) is 0 Å². The monoisotopic (exact) mass is 521 g/mol. The van der Waals surface area contributed by atoms with Crippen LogP contribution in [0.25, 0.3) is 0 Å². The lowest BCUT2D eigenvalue weighted by molar-refractivity contribution is -0.170. The van der Waals surface area contributed by atoms with Crippen LogP contribution >= 0.6 is 0 Å². The molecule has 4 N–H and O–H groups in total. The van der Waals surface area contributed by atoms with Gasteiger partial charge in [0, 0.05) is 50.1 Å². The molecule has 12 nitrogen and oxygen atoms in total. The molecule has 1 saturated heterocycles. The van der Waals surface area contributed by atoms with Crippen molar-refractivity contribution in [3.8, 4) is 5.75 Å². The van der Waals surface area contributed by atoms with Gasteiger partial charge < -0.3 is 29.9 Å². The number of hydrogen-bond acceptors (Lipinski definition) is 8. The number of methoxy groups -OCH3 is 1.